The van der Waals surface area contributed by atoms with E-state index < -0.39 is 17.7 Å². The Morgan fingerprint density at radius 1 is 1.10 bits per heavy atom. The molecule has 0 atom stereocenters. The normalized spacial score (nSPS) is 11.4. The molecule has 0 aromatic heterocycles. The van der Waals surface area contributed by atoms with E-state index in [1.165, 1.54) is 30.3 Å². The van der Waals surface area contributed by atoms with Crippen molar-refractivity contribution in [3.63, 3.8) is 0 Å². The second-order valence-corrected chi connectivity index (χ2v) is 5.30. The molecule has 7 heteroatoms. The molecule has 0 aliphatic heterocycles. The van der Waals surface area contributed by atoms with Crippen LogP contribution in [0.2, 0.25) is 0 Å². The molecular formula is C14H10F3NO2S. The Labute approximate surface area is 122 Å². The summed E-state index contributed by atoms with van der Waals surface area (Å²) in [6.07, 6.45) is -4.43. The van der Waals surface area contributed by atoms with E-state index in [1.807, 2.05) is 0 Å². The maximum Gasteiger partial charge on any atom is 0.416 e. The summed E-state index contributed by atoms with van der Waals surface area (Å²) in [5.41, 5.74) is 5.24. The third-order valence-electron chi connectivity index (χ3n) is 2.67. The first-order chi connectivity index (χ1) is 9.77. The van der Waals surface area contributed by atoms with E-state index >= 15 is 0 Å². The fourth-order valence-electron chi connectivity index (χ4n) is 1.59. The number of hydrogen-bond acceptors (Lipinski definition) is 3. The minimum absolute atomic E-state index is 0.108. The van der Waals surface area contributed by atoms with Gasteiger partial charge < -0.3 is 10.8 Å². The molecular weight excluding hydrogens is 303 g/mol. The summed E-state index contributed by atoms with van der Waals surface area (Å²) in [4.78, 5) is 11.6. The summed E-state index contributed by atoms with van der Waals surface area (Å²) in [6.45, 7) is 0. The molecule has 0 heterocycles. The minimum Gasteiger partial charge on any atom is -0.478 e. The van der Waals surface area contributed by atoms with Gasteiger partial charge in [0.2, 0.25) is 0 Å². The van der Waals surface area contributed by atoms with Gasteiger partial charge in [-0.3, -0.25) is 0 Å². The van der Waals surface area contributed by atoms with Crippen LogP contribution in [-0.4, -0.2) is 11.1 Å². The Bertz CT molecular complexity index is 669. The highest BCUT2D eigenvalue weighted by Gasteiger charge is 2.30. The van der Waals surface area contributed by atoms with Crippen LogP contribution in [0.5, 0.6) is 0 Å². The largest absolute Gasteiger partial charge is 0.478 e. The molecule has 0 unspecified atom stereocenters. The van der Waals surface area contributed by atoms with Gasteiger partial charge >= 0.3 is 12.1 Å². The second kappa shape index (κ2) is 5.69. The van der Waals surface area contributed by atoms with E-state index in [4.69, 9.17) is 10.8 Å². The van der Waals surface area contributed by atoms with Crippen LogP contribution >= 0.6 is 11.8 Å². The first-order valence-corrected chi connectivity index (χ1v) is 6.57. The van der Waals surface area contributed by atoms with Gasteiger partial charge in [0, 0.05) is 15.5 Å². The van der Waals surface area contributed by atoms with E-state index in [0.717, 1.165) is 23.9 Å². The molecule has 0 aliphatic rings. The molecule has 21 heavy (non-hydrogen) atoms. The Morgan fingerprint density at radius 3 is 2.24 bits per heavy atom. The number of halogens is 3. The van der Waals surface area contributed by atoms with Crippen molar-refractivity contribution in [3.05, 3.63) is 53.6 Å². The summed E-state index contributed by atoms with van der Waals surface area (Å²) in [6, 6.07) is 8.92. The van der Waals surface area contributed by atoms with Crippen molar-refractivity contribution in [3.8, 4) is 0 Å². The standard InChI is InChI=1S/C14H10F3NO2S/c15-14(16,17)9-3-6-11(18)12(7-9)21-10-4-1-8(2-5-10)13(19)20/h1-7H,18H2,(H,19,20). The highest BCUT2D eigenvalue weighted by molar-refractivity contribution is 7.99. The quantitative estimate of drug-likeness (QED) is 0.836. The molecule has 0 amide bonds. The molecule has 0 bridgehead atoms. The van der Waals surface area contributed by atoms with Crippen molar-refractivity contribution in [2.45, 2.75) is 16.0 Å². The van der Waals surface area contributed by atoms with E-state index in [-0.39, 0.29) is 16.1 Å². The highest BCUT2D eigenvalue weighted by atomic mass is 32.2. The first kappa shape index (κ1) is 15.2. The van der Waals surface area contributed by atoms with Gasteiger partial charge in [0.05, 0.1) is 11.1 Å². The van der Waals surface area contributed by atoms with Gasteiger partial charge in [-0.2, -0.15) is 13.2 Å². The number of benzene rings is 2. The van der Waals surface area contributed by atoms with Crippen molar-refractivity contribution < 1.29 is 23.1 Å². The molecule has 3 nitrogen and oxygen atoms in total. The Hall–Kier alpha value is -2.15. The maximum atomic E-state index is 12.7. The predicted molar refractivity (Wildman–Crippen MR) is 73.4 cm³/mol. The van der Waals surface area contributed by atoms with Gasteiger partial charge in [-0.1, -0.05) is 11.8 Å². The van der Waals surface area contributed by atoms with Crippen LogP contribution in [0, 0.1) is 0 Å². The zero-order valence-electron chi connectivity index (χ0n) is 10.5. The molecule has 0 aliphatic carbocycles. The molecule has 110 valence electrons. The lowest BCUT2D eigenvalue weighted by atomic mass is 10.2. The molecule has 0 saturated heterocycles. The average molecular weight is 313 g/mol. The number of nitrogen functional groups attached to an aromatic ring is 1. The molecule has 2 aromatic carbocycles. The summed E-state index contributed by atoms with van der Waals surface area (Å²) < 4.78 is 38.0. The molecule has 3 N–H and O–H groups in total. The van der Waals surface area contributed by atoms with E-state index in [2.05, 4.69) is 0 Å². The lowest BCUT2D eigenvalue weighted by molar-refractivity contribution is -0.137. The number of alkyl halides is 3. The molecule has 2 rings (SSSR count). The van der Waals surface area contributed by atoms with Gasteiger partial charge in [0.25, 0.3) is 0 Å². The summed E-state index contributed by atoms with van der Waals surface area (Å²) in [7, 11) is 0. The van der Waals surface area contributed by atoms with Gasteiger partial charge in [-0.05, 0) is 42.5 Å². The van der Waals surface area contributed by atoms with Crippen LogP contribution < -0.4 is 5.73 Å². The van der Waals surface area contributed by atoms with Crippen molar-refractivity contribution >= 4 is 23.4 Å². The SMILES string of the molecule is Nc1ccc(C(F)(F)F)cc1Sc1ccc(C(=O)O)cc1. The molecule has 0 radical (unpaired) electrons. The molecule has 0 spiro atoms. The monoisotopic (exact) mass is 313 g/mol. The smallest absolute Gasteiger partial charge is 0.416 e. The number of carbonyl (C=O) groups is 1. The fraction of sp³-hybridized carbons (Fsp3) is 0.0714. The number of carboxylic acids is 1. The van der Waals surface area contributed by atoms with Crippen molar-refractivity contribution in [1.82, 2.24) is 0 Å². The zero-order chi connectivity index (χ0) is 15.6. The van der Waals surface area contributed by atoms with Crippen LogP contribution in [0.4, 0.5) is 18.9 Å². The summed E-state index contributed by atoms with van der Waals surface area (Å²) in [5.74, 6) is -1.06. The topological polar surface area (TPSA) is 63.3 Å². The number of nitrogens with two attached hydrogens (primary N) is 1. The lowest BCUT2D eigenvalue weighted by Gasteiger charge is -2.11. The lowest BCUT2D eigenvalue weighted by Crippen LogP contribution is -2.05. The summed E-state index contributed by atoms with van der Waals surface area (Å²) in [5, 5.41) is 8.78. The van der Waals surface area contributed by atoms with Crippen molar-refractivity contribution in [2.75, 3.05) is 5.73 Å². The maximum absolute atomic E-state index is 12.7. The number of rotatable bonds is 3. The Balaban J connectivity index is 2.28. The van der Waals surface area contributed by atoms with Gasteiger partial charge in [0.15, 0.2) is 0 Å². The van der Waals surface area contributed by atoms with Crippen LogP contribution in [0.1, 0.15) is 15.9 Å². The van der Waals surface area contributed by atoms with Gasteiger partial charge in [-0.15, -0.1) is 0 Å². The number of aromatic carboxylic acids is 1. The third-order valence-corrected chi connectivity index (χ3v) is 3.75. The second-order valence-electron chi connectivity index (χ2n) is 4.18. The zero-order valence-corrected chi connectivity index (χ0v) is 11.3. The minimum atomic E-state index is -4.43. The Morgan fingerprint density at radius 2 is 1.71 bits per heavy atom. The predicted octanol–water partition coefficient (Wildman–Crippen LogP) is 4.14. The molecule has 2 aromatic rings. The van der Waals surface area contributed by atoms with E-state index in [9.17, 15) is 18.0 Å². The van der Waals surface area contributed by atoms with Crippen LogP contribution in [0.3, 0.4) is 0 Å². The van der Waals surface area contributed by atoms with E-state index in [1.54, 1.807) is 0 Å². The first-order valence-electron chi connectivity index (χ1n) is 5.75. The molecule has 0 fully saturated rings. The third kappa shape index (κ3) is 3.69. The molecule has 0 saturated carbocycles. The van der Waals surface area contributed by atoms with Crippen molar-refractivity contribution in [2.24, 2.45) is 0 Å². The number of anilines is 1. The number of carboxylic acid groups (broad SMARTS) is 1. The van der Waals surface area contributed by atoms with Crippen molar-refractivity contribution in [1.29, 1.82) is 0 Å². The van der Waals surface area contributed by atoms with Gasteiger partial charge in [-0.25, -0.2) is 4.79 Å². The Kier molecular flexibility index (Phi) is 4.13. The van der Waals surface area contributed by atoms with Gasteiger partial charge in [0.1, 0.15) is 0 Å². The summed E-state index contributed by atoms with van der Waals surface area (Å²) >= 11 is 1.05. The average Bonchev–Trinajstić information content (AvgIpc) is 2.40. The van der Waals surface area contributed by atoms with Crippen LogP contribution in [0.25, 0.3) is 0 Å². The van der Waals surface area contributed by atoms with Crippen LogP contribution in [0.15, 0.2) is 52.3 Å². The highest BCUT2D eigenvalue weighted by Crippen LogP contribution is 2.37. The fourth-order valence-corrected chi connectivity index (χ4v) is 2.49. The van der Waals surface area contributed by atoms with E-state index in [0.29, 0.717) is 4.90 Å². The van der Waals surface area contributed by atoms with Crippen LogP contribution in [-0.2, 0) is 6.18 Å². The number of hydrogen-bond donors (Lipinski definition) is 2.